The Labute approximate surface area is 205 Å². The molecular formula is C28H30ClN3O2. The molecule has 1 aliphatic heterocycles. The average molecular weight is 476 g/mol. The molecule has 0 spiro atoms. The van der Waals surface area contributed by atoms with Crippen LogP contribution in [0.1, 0.15) is 38.9 Å². The van der Waals surface area contributed by atoms with Gasteiger partial charge in [-0.3, -0.25) is 0 Å². The number of hydrogen-bond acceptors (Lipinski definition) is 5. The van der Waals surface area contributed by atoms with Crippen molar-refractivity contribution < 1.29 is 8.83 Å². The minimum atomic E-state index is 0.452. The number of benzene rings is 2. The zero-order valence-electron chi connectivity index (χ0n) is 19.9. The molecule has 34 heavy (non-hydrogen) atoms. The zero-order chi connectivity index (χ0) is 23.7. The van der Waals surface area contributed by atoms with Gasteiger partial charge in [-0.2, -0.15) is 0 Å². The zero-order valence-corrected chi connectivity index (χ0v) is 20.7. The van der Waals surface area contributed by atoms with Gasteiger partial charge < -0.3 is 13.7 Å². The number of halogens is 1. The molecule has 2 aromatic carbocycles. The molecule has 0 bridgehead atoms. The van der Waals surface area contributed by atoms with Crippen LogP contribution in [0.5, 0.6) is 0 Å². The van der Waals surface area contributed by atoms with E-state index in [4.69, 9.17) is 20.4 Å². The molecule has 0 aliphatic carbocycles. The van der Waals surface area contributed by atoms with Crippen molar-refractivity contribution in [3.05, 3.63) is 65.4 Å². The molecule has 5 nitrogen and oxygen atoms in total. The van der Waals surface area contributed by atoms with Gasteiger partial charge in [0.25, 0.3) is 5.89 Å². The Morgan fingerprint density at radius 2 is 1.71 bits per heavy atom. The van der Waals surface area contributed by atoms with E-state index in [9.17, 15) is 0 Å². The lowest BCUT2D eigenvalue weighted by molar-refractivity contribution is 0.363. The lowest BCUT2D eigenvalue weighted by Crippen LogP contribution is -2.21. The van der Waals surface area contributed by atoms with Crippen LogP contribution in [-0.2, 0) is 0 Å². The second kappa shape index (κ2) is 9.67. The Kier molecular flexibility index (Phi) is 6.46. The van der Waals surface area contributed by atoms with Crippen molar-refractivity contribution in [2.45, 2.75) is 40.0 Å². The van der Waals surface area contributed by atoms with Gasteiger partial charge in [0, 0.05) is 34.9 Å². The first kappa shape index (κ1) is 22.7. The van der Waals surface area contributed by atoms with Gasteiger partial charge >= 0.3 is 0 Å². The van der Waals surface area contributed by atoms with Crippen LogP contribution in [0.2, 0.25) is 5.02 Å². The molecule has 3 heterocycles. The van der Waals surface area contributed by atoms with E-state index in [-0.39, 0.29) is 0 Å². The Morgan fingerprint density at radius 3 is 2.44 bits per heavy atom. The molecule has 5 rings (SSSR count). The third-order valence-corrected chi connectivity index (χ3v) is 7.21. The van der Waals surface area contributed by atoms with Gasteiger partial charge in [-0.1, -0.05) is 38.3 Å². The van der Waals surface area contributed by atoms with Crippen molar-refractivity contribution in [3.8, 4) is 34.2 Å². The molecule has 6 heteroatoms. The monoisotopic (exact) mass is 475 g/mol. The van der Waals surface area contributed by atoms with Crippen LogP contribution in [0, 0.1) is 18.8 Å². The number of aromatic nitrogens is 2. The van der Waals surface area contributed by atoms with E-state index in [1.165, 1.54) is 24.9 Å². The normalized spacial score (nSPS) is 16.8. The predicted octanol–water partition coefficient (Wildman–Crippen LogP) is 7.89. The summed E-state index contributed by atoms with van der Waals surface area (Å²) in [7, 11) is 0. The summed E-state index contributed by atoms with van der Waals surface area (Å²) < 4.78 is 12.0. The molecule has 2 unspecified atom stereocenters. The maximum atomic E-state index is 6.03. The van der Waals surface area contributed by atoms with Crippen LogP contribution in [0.15, 0.2) is 63.4 Å². The maximum absolute atomic E-state index is 6.03. The van der Waals surface area contributed by atoms with Crippen LogP contribution in [0.4, 0.5) is 5.69 Å². The molecule has 0 amide bonds. The Morgan fingerprint density at radius 1 is 1.00 bits per heavy atom. The smallest absolute Gasteiger partial charge is 0.251 e. The maximum Gasteiger partial charge on any atom is 0.251 e. The van der Waals surface area contributed by atoms with Gasteiger partial charge in [0.2, 0.25) is 5.89 Å². The first-order valence-corrected chi connectivity index (χ1v) is 12.4. The molecule has 1 saturated heterocycles. The standard InChI is InChI=1S/C28H30ClN3O2/c1-4-5-18(2)22-14-15-32(17-22)24-12-8-21(9-13-24)27-30-31-28(34-27)25-16-26(33-19(25)3)20-6-10-23(29)11-7-20/h6-13,16,18,22H,4-5,14-15,17H2,1-3H3. The van der Waals surface area contributed by atoms with Crippen molar-refractivity contribution in [2.75, 3.05) is 18.0 Å². The summed E-state index contributed by atoms with van der Waals surface area (Å²) in [4.78, 5) is 2.49. The minimum Gasteiger partial charge on any atom is -0.461 e. The molecule has 2 aromatic heterocycles. The Bertz CT molecular complexity index is 1240. The molecule has 0 radical (unpaired) electrons. The van der Waals surface area contributed by atoms with E-state index in [0.717, 1.165) is 53.1 Å². The molecule has 1 aliphatic rings. The molecule has 176 valence electrons. The second-order valence-corrected chi connectivity index (χ2v) is 9.74. The molecular weight excluding hydrogens is 446 g/mol. The largest absolute Gasteiger partial charge is 0.461 e. The summed E-state index contributed by atoms with van der Waals surface area (Å²) in [6, 6.07) is 17.9. The Hall–Kier alpha value is -3.05. The summed E-state index contributed by atoms with van der Waals surface area (Å²) in [6.45, 7) is 8.84. The SMILES string of the molecule is CCCC(C)C1CCN(c2ccc(-c3nnc(-c4cc(-c5ccc(Cl)cc5)oc4C)o3)cc2)C1. The second-order valence-electron chi connectivity index (χ2n) is 9.31. The highest BCUT2D eigenvalue weighted by atomic mass is 35.5. The molecule has 0 saturated carbocycles. The van der Waals surface area contributed by atoms with Gasteiger partial charge in [0.1, 0.15) is 11.5 Å². The highest BCUT2D eigenvalue weighted by Crippen LogP contribution is 2.34. The first-order chi connectivity index (χ1) is 16.5. The number of anilines is 1. The van der Waals surface area contributed by atoms with E-state index in [1.807, 2.05) is 37.3 Å². The van der Waals surface area contributed by atoms with Crippen molar-refractivity contribution in [3.63, 3.8) is 0 Å². The fraction of sp³-hybridized carbons (Fsp3) is 0.357. The van der Waals surface area contributed by atoms with Crippen LogP contribution < -0.4 is 4.90 Å². The molecule has 0 N–H and O–H groups in total. The van der Waals surface area contributed by atoms with Crippen molar-refractivity contribution >= 4 is 17.3 Å². The van der Waals surface area contributed by atoms with Crippen molar-refractivity contribution in [1.29, 1.82) is 0 Å². The summed E-state index contributed by atoms with van der Waals surface area (Å²) in [5.74, 6) is 4.01. The first-order valence-electron chi connectivity index (χ1n) is 12.1. The molecule has 2 atom stereocenters. The quantitative estimate of drug-likeness (QED) is 0.272. The molecule has 1 fully saturated rings. The van der Waals surface area contributed by atoms with Crippen molar-refractivity contribution in [2.24, 2.45) is 11.8 Å². The van der Waals surface area contributed by atoms with E-state index in [0.29, 0.717) is 16.8 Å². The predicted molar refractivity (Wildman–Crippen MR) is 137 cm³/mol. The molecule has 4 aromatic rings. The summed E-state index contributed by atoms with van der Waals surface area (Å²) in [6.07, 6.45) is 3.85. The number of hydrogen-bond donors (Lipinski definition) is 0. The van der Waals surface area contributed by atoms with Crippen LogP contribution in [0.3, 0.4) is 0 Å². The summed E-state index contributed by atoms with van der Waals surface area (Å²) in [5.41, 5.74) is 3.91. The number of aryl methyl sites for hydroxylation is 1. The van der Waals surface area contributed by atoms with Gasteiger partial charge in [-0.05, 0) is 79.8 Å². The van der Waals surface area contributed by atoms with E-state index in [1.54, 1.807) is 0 Å². The minimum absolute atomic E-state index is 0.452. The van der Waals surface area contributed by atoms with E-state index >= 15 is 0 Å². The van der Waals surface area contributed by atoms with E-state index < -0.39 is 0 Å². The van der Waals surface area contributed by atoms with Gasteiger partial charge in [-0.25, -0.2) is 0 Å². The lowest BCUT2D eigenvalue weighted by Gasteiger charge is -2.21. The lowest BCUT2D eigenvalue weighted by atomic mass is 9.90. The number of furan rings is 1. The fourth-order valence-corrected chi connectivity index (χ4v) is 5.02. The van der Waals surface area contributed by atoms with Crippen LogP contribution in [-0.4, -0.2) is 23.3 Å². The highest BCUT2D eigenvalue weighted by molar-refractivity contribution is 6.30. The van der Waals surface area contributed by atoms with Gasteiger partial charge in [0.05, 0.1) is 5.56 Å². The van der Waals surface area contributed by atoms with Gasteiger partial charge in [-0.15, -0.1) is 10.2 Å². The van der Waals surface area contributed by atoms with Crippen LogP contribution >= 0.6 is 11.6 Å². The van der Waals surface area contributed by atoms with Crippen LogP contribution in [0.25, 0.3) is 34.2 Å². The van der Waals surface area contributed by atoms with Crippen molar-refractivity contribution in [1.82, 2.24) is 10.2 Å². The number of rotatable bonds is 7. The van der Waals surface area contributed by atoms with E-state index in [2.05, 4.69) is 53.2 Å². The van der Waals surface area contributed by atoms with Gasteiger partial charge in [0.15, 0.2) is 0 Å². The third-order valence-electron chi connectivity index (χ3n) is 6.95. The summed E-state index contributed by atoms with van der Waals surface area (Å²) in [5, 5.41) is 9.26. The Balaban J connectivity index is 1.30. The fourth-order valence-electron chi connectivity index (χ4n) is 4.89. The topological polar surface area (TPSA) is 55.3 Å². The third kappa shape index (κ3) is 4.62. The summed E-state index contributed by atoms with van der Waals surface area (Å²) >= 11 is 6.00. The number of nitrogens with zero attached hydrogens (tertiary/aromatic N) is 3. The highest BCUT2D eigenvalue weighted by Gasteiger charge is 2.27. The average Bonchev–Trinajstić information content (AvgIpc) is 3.60.